The van der Waals surface area contributed by atoms with E-state index in [1.807, 2.05) is 25.3 Å². The van der Waals surface area contributed by atoms with Crippen molar-refractivity contribution in [2.24, 2.45) is 28.2 Å². The van der Waals surface area contributed by atoms with Crippen LogP contribution in [-0.2, 0) is 21.4 Å². The number of nitrogens with zero attached hydrogens (tertiary/aromatic N) is 1. The average Bonchev–Trinajstić information content (AvgIpc) is 4.06. The van der Waals surface area contributed by atoms with Crippen LogP contribution in [0.2, 0.25) is 0 Å². The lowest BCUT2D eigenvalue weighted by Crippen LogP contribution is -2.43. The number of phenols is 2. The number of methoxy groups -OCH3 is 1. The number of rotatable bonds is 19. The molecule has 6 N–H and O–H groups in total. The monoisotopic (exact) mass is 937 g/mol. The number of aromatic hydroxyl groups is 2. The summed E-state index contributed by atoms with van der Waals surface area (Å²) in [7, 11) is 8.75. The topological polar surface area (TPSA) is 154 Å². The molecule has 2 bridgehead atoms. The lowest BCUT2D eigenvalue weighted by molar-refractivity contribution is -0.125. The van der Waals surface area contributed by atoms with Crippen LogP contribution in [0, 0.1) is 23.2 Å². The van der Waals surface area contributed by atoms with Gasteiger partial charge >= 0.3 is 0 Å². The van der Waals surface area contributed by atoms with E-state index in [0.717, 1.165) is 126 Å². The zero-order valence-corrected chi connectivity index (χ0v) is 41.7. The number of guanidine groups is 1. The highest BCUT2D eigenvalue weighted by molar-refractivity contribution is 8.76. The lowest BCUT2D eigenvalue weighted by Gasteiger charge is -2.39. The van der Waals surface area contributed by atoms with E-state index >= 15 is 4.79 Å². The van der Waals surface area contributed by atoms with Gasteiger partial charge in [0.15, 0.2) is 41.0 Å². The van der Waals surface area contributed by atoms with Crippen molar-refractivity contribution in [1.82, 2.24) is 10.6 Å². The first-order valence-corrected chi connectivity index (χ1v) is 27.3. The second-order valence-corrected chi connectivity index (χ2v) is 22.0. The van der Waals surface area contributed by atoms with Gasteiger partial charge < -0.3 is 45.5 Å². The summed E-state index contributed by atoms with van der Waals surface area (Å²) in [6.45, 7) is 5.60. The highest BCUT2D eigenvalue weighted by Crippen LogP contribution is 2.54. The van der Waals surface area contributed by atoms with E-state index in [9.17, 15) is 15.3 Å². The molecule has 1 heterocycles. The lowest BCUT2D eigenvalue weighted by atomic mass is 9.66. The number of likely N-dealkylation sites (N-methyl/N-ethyl adjacent to an activating group) is 1. The van der Waals surface area contributed by atoms with Gasteiger partial charge in [-0.3, -0.25) is 9.79 Å². The van der Waals surface area contributed by atoms with Crippen molar-refractivity contribution in [3.05, 3.63) is 53.6 Å². The minimum absolute atomic E-state index is 0.0491. The molecule has 1 aliphatic heterocycles. The normalized spacial score (nSPS) is 27.5. The van der Waals surface area contributed by atoms with Crippen LogP contribution in [0.25, 0.3) is 0 Å². The number of allylic oxidation sites excluding steroid dienone is 2. The molecule has 3 saturated carbocycles. The Morgan fingerprint density at radius 2 is 1.75 bits per heavy atom. The van der Waals surface area contributed by atoms with Crippen molar-refractivity contribution in [2.75, 3.05) is 51.3 Å². The Bertz CT molecular complexity index is 1890. The summed E-state index contributed by atoms with van der Waals surface area (Å²) < 4.78 is 18.6. The van der Waals surface area contributed by atoms with E-state index in [1.165, 1.54) is 6.42 Å². The number of carbonyl (C=O) groups is 1. The number of ketones is 1. The van der Waals surface area contributed by atoms with Crippen molar-refractivity contribution in [3.63, 3.8) is 0 Å². The van der Waals surface area contributed by atoms with E-state index in [4.69, 9.17) is 14.2 Å². The highest BCUT2D eigenvalue weighted by Gasteiger charge is 2.49. The van der Waals surface area contributed by atoms with Crippen molar-refractivity contribution in [1.29, 1.82) is 0 Å². The number of hydrogen-bond donors (Lipinski definition) is 6. The van der Waals surface area contributed by atoms with Gasteiger partial charge in [0.1, 0.15) is 5.60 Å². The summed E-state index contributed by atoms with van der Waals surface area (Å²) in [4.78, 5) is 19.8. The van der Waals surface area contributed by atoms with E-state index in [-0.39, 0.29) is 40.5 Å². The number of phenolic OH excluding ortho intramolecular Hbond substituents is 2. The maximum absolute atomic E-state index is 15.2. The molecule has 2 aromatic rings. The number of hydrogen-bond acceptors (Lipinski definition) is 11. The highest BCUT2D eigenvalue weighted by atomic mass is 33.1. The second kappa shape index (κ2) is 24.8. The average molecular weight is 937 g/mol. The van der Waals surface area contributed by atoms with Gasteiger partial charge in [-0.05, 0) is 130 Å². The number of nitrogens with one attached hydrogen (secondary N) is 3. The maximum atomic E-state index is 15.2. The van der Waals surface area contributed by atoms with Gasteiger partial charge in [-0.2, -0.15) is 0 Å². The first-order valence-electron chi connectivity index (χ1n) is 24.9. The fourth-order valence-corrected chi connectivity index (χ4v) is 13.9. The predicted octanol–water partition coefficient (Wildman–Crippen LogP) is 11.1. The Morgan fingerprint density at radius 3 is 2.51 bits per heavy atom. The summed E-state index contributed by atoms with van der Waals surface area (Å²) in [5, 5.41) is 44.0. The van der Waals surface area contributed by atoms with Crippen molar-refractivity contribution in [3.8, 4) is 23.0 Å². The van der Waals surface area contributed by atoms with Gasteiger partial charge in [0, 0.05) is 43.2 Å². The smallest absolute Gasteiger partial charge is 0.196 e. The van der Waals surface area contributed by atoms with Gasteiger partial charge in [-0.15, -0.1) is 0 Å². The molecule has 0 saturated heterocycles. The fourth-order valence-electron chi connectivity index (χ4n) is 11.6. The summed E-state index contributed by atoms with van der Waals surface area (Å²) in [5.41, 5.74) is 1.19. The molecule has 13 heteroatoms. The molecule has 6 rings (SSSR count). The van der Waals surface area contributed by atoms with Crippen LogP contribution >= 0.6 is 21.6 Å². The molecule has 65 heavy (non-hydrogen) atoms. The molecule has 0 amide bonds. The molecule has 4 aliphatic rings. The summed E-state index contributed by atoms with van der Waals surface area (Å²) >= 11 is 0. The first-order chi connectivity index (χ1) is 31.5. The van der Waals surface area contributed by atoms with Crippen molar-refractivity contribution in [2.45, 2.75) is 160 Å². The Labute approximate surface area is 397 Å². The van der Waals surface area contributed by atoms with Gasteiger partial charge in [-0.1, -0.05) is 105 Å². The summed E-state index contributed by atoms with van der Waals surface area (Å²) in [6.07, 6.45) is 22.5. The van der Waals surface area contributed by atoms with Gasteiger partial charge in [0.2, 0.25) is 0 Å². The van der Waals surface area contributed by atoms with Crippen LogP contribution in [0.15, 0.2) is 47.5 Å². The molecule has 0 aromatic heterocycles. The number of carbonyl (C=O) groups excluding carboxylic acids is 1. The van der Waals surface area contributed by atoms with Crippen LogP contribution in [0.4, 0.5) is 5.69 Å². The van der Waals surface area contributed by atoms with E-state index < -0.39 is 17.3 Å². The number of aliphatic imine (C=N–C) groups is 1. The maximum Gasteiger partial charge on any atom is 0.196 e. The third-order valence-electron chi connectivity index (χ3n) is 15.1. The molecule has 0 radical (unpaired) electrons. The van der Waals surface area contributed by atoms with E-state index in [1.54, 1.807) is 41.8 Å². The molecule has 3 fully saturated rings. The Morgan fingerprint density at radius 1 is 0.954 bits per heavy atom. The number of benzene rings is 2. The van der Waals surface area contributed by atoms with Gasteiger partial charge in [0.05, 0.1) is 18.7 Å². The third kappa shape index (κ3) is 12.9. The van der Waals surface area contributed by atoms with Crippen LogP contribution in [0.3, 0.4) is 0 Å². The summed E-state index contributed by atoms with van der Waals surface area (Å²) in [6, 6.07) is 9.75. The molecule has 6 atom stereocenters. The first kappa shape index (κ1) is 51.3. The van der Waals surface area contributed by atoms with Crippen LogP contribution < -0.4 is 25.4 Å². The standard InChI is InChI=1S/C52H80N4O7S2/c1-6-8-10-14-27-62-47(59)29-38-22-26-50(32-38,35-53-3)63-45-31-41-30-42(48(45)60)56-49(54-4)55-36-65-64-34-40-17-15-25-52(40,33-37-18-20-43(57)44(28-37)61-5)46(58)21-19-39(16-11-9-7-2)51(41)23-12-13-24-51/h18-21,28,30-31,38-40,47,53,57,59-60H,6-17,22-27,29,32-36H2,1-5H3,(H2,54,55,56)/b21-19+/t38-,39-,40+,47-,50-,52+/m0/s1. The minimum Gasteiger partial charge on any atom is -0.504 e. The second-order valence-electron chi connectivity index (χ2n) is 19.5. The Hall–Kier alpha value is -3.10. The Balaban J connectivity index is 1.39. The predicted molar refractivity (Wildman–Crippen MR) is 269 cm³/mol. The van der Waals surface area contributed by atoms with Gasteiger partial charge in [-0.25, -0.2) is 0 Å². The largest absolute Gasteiger partial charge is 0.504 e. The van der Waals surface area contributed by atoms with E-state index in [0.29, 0.717) is 55.0 Å². The van der Waals surface area contributed by atoms with Crippen molar-refractivity contribution >= 4 is 39.0 Å². The van der Waals surface area contributed by atoms with Crippen LogP contribution in [0.5, 0.6) is 23.0 Å². The zero-order chi connectivity index (χ0) is 46.3. The number of anilines is 1. The molecule has 2 aromatic carbocycles. The molecular weight excluding hydrogens is 857 g/mol. The molecular formula is C52H80N4O7S2. The zero-order valence-electron chi connectivity index (χ0n) is 40.1. The van der Waals surface area contributed by atoms with Gasteiger partial charge in [0.25, 0.3) is 0 Å². The SMILES string of the molecule is CCCCCCO[C@H](O)C[C@@H]1CC[C@](CNC)(Oc2cc3cc(c2O)NC(=NC)NCSSC[C@H]2CCC[C@]2(Cc2ccc(O)c(OC)c2)C(=O)/C=C/[C@H](CCCCC)C32CCCC2)C1. The number of aliphatic hydroxyl groups excluding tert-OH is 1. The van der Waals surface area contributed by atoms with Crippen LogP contribution in [-0.4, -0.2) is 84.9 Å². The van der Waals surface area contributed by atoms with Crippen LogP contribution in [0.1, 0.15) is 147 Å². The quantitative estimate of drug-likeness (QED) is 0.0344. The number of fused-ring (bicyclic) bond motifs is 4. The molecule has 3 aliphatic carbocycles. The molecule has 11 nitrogen and oxygen atoms in total. The Kier molecular flexibility index (Phi) is 19.6. The number of aliphatic hydroxyl groups is 1. The number of ether oxygens (including phenoxy) is 3. The third-order valence-corrected chi connectivity index (χ3v) is 17.4. The minimum atomic E-state index is -0.808. The molecule has 0 unspecified atom stereocenters. The fraction of sp³-hybridized carbons (Fsp3) is 0.692. The summed E-state index contributed by atoms with van der Waals surface area (Å²) in [5.74, 6) is 3.66. The molecule has 362 valence electrons. The van der Waals surface area contributed by atoms with E-state index in [2.05, 4.69) is 53.0 Å². The number of unbranched alkanes of at least 4 members (excludes halogenated alkanes) is 5. The molecule has 1 spiro atoms. The van der Waals surface area contributed by atoms with Crippen molar-refractivity contribution < 1.29 is 34.3 Å².